The van der Waals surface area contributed by atoms with Crippen LogP contribution in [0.1, 0.15) is 22.7 Å². The monoisotopic (exact) mass is 325 g/mol. The summed E-state index contributed by atoms with van der Waals surface area (Å²) in [6.07, 6.45) is 0.400. The van der Waals surface area contributed by atoms with Gasteiger partial charge in [0, 0.05) is 11.6 Å². The molecule has 0 spiro atoms. The van der Waals surface area contributed by atoms with Gasteiger partial charge in [0.15, 0.2) is 0 Å². The summed E-state index contributed by atoms with van der Waals surface area (Å²) in [6.45, 7) is 1.89. The molecule has 1 atom stereocenters. The molecule has 1 unspecified atom stereocenters. The molecule has 0 bridgehead atoms. The molecule has 0 aliphatic heterocycles. The quantitative estimate of drug-likeness (QED) is 0.895. The summed E-state index contributed by atoms with van der Waals surface area (Å²) >= 11 is 3.14. The van der Waals surface area contributed by atoms with E-state index >= 15 is 0 Å². The fourth-order valence-electron chi connectivity index (χ4n) is 2.01. The third-order valence-electron chi connectivity index (χ3n) is 3.13. The zero-order valence-electron chi connectivity index (χ0n) is 10.5. The van der Waals surface area contributed by atoms with Crippen LogP contribution in [0, 0.1) is 18.6 Å². The molecule has 0 aliphatic carbocycles. The Morgan fingerprint density at radius 2 is 1.95 bits per heavy atom. The molecule has 0 saturated heterocycles. The summed E-state index contributed by atoms with van der Waals surface area (Å²) in [4.78, 5) is 0. The van der Waals surface area contributed by atoms with Crippen LogP contribution < -0.4 is 5.73 Å². The second-order valence-corrected chi connectivity index (χ2v) is 5.38. The zero-order chi connectivity index (χ0) is 14.0. The Bertz CT molecular complexity index is 599. The summed E-state index contributed by atoms with van der Waals surface area (Å²) < 4.78 is 27.5. The minimum Gasteiger partial charge on any atom is -0.324 e. The molecular formula is C15H14BrF2N. The third-order valence-corrected chi connectivity index (χ3v) is 3.74. The molecule has 4 heteroatoms. The Kier molecular flexibility index (Phi) is 4.32. The number of benzene rings is 2. The first-order valence-corrected chi connectivity index (χ1v) is 6.73. The van der Waals surface area contributed by atoms with Crippen molar-refractivity contribution in [2.24, 2.45) is 5.73 Å². The van der Waals surface area contributed by atoms with Gasteiger partial charge >= 0.3 is 0 Å². The molecule has 0 fully saturated rings. The van der Waals surface area contributed by atoms with E-state index < -0.39 is 6.04 Å². The van der Waals surface area contributed by atoms with Gasteiger partial charge in [-0.1, -0.05) is 18.2 Å². The molecule has 0 radical (unpaired) electrons. The summed E-state index contributed by atoms with van der Waals surface area (Å²) in [5, 5.41) is 0. The molecule has 0 amide bonds. The number of nitrogens with two attached hydrogens (primary N) is 1. The highest BCUT2D eigenvalue weighted by Crippen LogP contribution is 2.25. The smallest absolute Gasteiger partial charge is 0.142 e. The first-order valence-electron chi connectivity index (χ1n) is 5.93. The third kappa shape index (κ3) is 3.19. The van der Waals surface area contributed by atoms with Gasteiger partial charge in [0.25, 0.3) is 0 Å². The minimum atomic E-state index is -0.502. The van der Waals surface area contributed by atoms with E-state index in [-0.39, 0.29) is 11.6 Å². The van der Waals surface area contributed by atoms with Crippen molar-refractivity contribution < 1.29 is 8.78 Å². The van der Waals surface area contributed by atoms with Crippen LogP contribution in [0.25, 0.3) is 0 Å². The van der Waals surface area contributed by atoms with Gasteiger partial charge in [0.05, 0.1) is 4.47 Å². The fourth-order valence-corrected chi connectivity index (χ4v) is 2.40. The van der Waals surface area contributed by atoms with E-state index in [1.165, 1.54) is 12.1 Å². The lowest BCUT2D eigenvalue weighted by molar-refractivity contribution is 0.572. The Labute approximate surface area is 119 Å². The lowest BCUT2D eigenvalue weighted by Crippen LogP contribution is -2.16. The van der Waals surface area contributed by atoms with Gasteiger partial charge in [-0.3, -0.25) is 0 Å². The van der Waals surface area contributed by atoms with Crippen LogP contribution in [0.4, 0.5) is 8.78 Å². The highest BCUT2D eigenvalue weighted by Gasteiger charge is 2.15. The Morgan fingerprint density at radius 1 is 1.21 bits per heavy atom. The maximum absolute atomic E-state index is 13.9. The predicted octanol–water partition coefficient (Wildman–Crippen LogP) is 4.28. The fraction of sp³-hybridized carbons (Fsp3) is 0.200. The molecule has 2 N–H and O–H groups in total. The summed E-state index contributed by atoms with van der Waals surface area (Å²) in [7, 11) is 0. The van der Waals surface area contributed by atoms with Crippen LogP contribution in [0.15, 0.2) is 40.9 Å². The lowest BCUT2D eigenvalue weighted by atomic mass is 9.96. The largest absolute Gasteiger partial charge is 0.324 e. The van der Waals surface area contributed by atoms with Crippen LogP contribution in [0.5, 0.6) is 0 Å². The highest BCUT2D eigenvalue weighted by atomic mass is 79.9. The number of hydrogen-bond donors (Lipinski definition) is 1. The molecule has 0 aromatic heterocycles. The average molecular weight is 326 g/mol. The molecule has 2 aromatic rings. The lowest BCUT2D eigenvalue weighted by Gasteiger charge is -2.15. The van der Waals surface area contributed by atoms with Crippen molar-refractivity contribution in [3.63, 3.8) is 0 Å². The number of halogens is 3. The van der Waals surface area contributed by atoms with Crippen LogP contribution in [-0.4, -0.2) is 0 Å². The molecule has 2 aromatic carbocycles. The highest BCUT2D eigenvalue weighted by molar-refractivity contribution is 9.10. The summed E-state index contributed by atoms with van der Waals surface area (Å²) in [6, 6.07) is 9.07. The normalized spacial score (nSPS) is 12.5. The van der Waals surface area contributed by atoms with Crippen molar-refractivity contribution in [3.05, 3.63) is 69.2 Å². The second kappa shape index (κ2) is 5.80. The van der Waals surface area contributed by atoms with Crippen LogP contribution >= 0.6 is 15.9 Å². The van der Waals surface area contributed by atoms with E-state index in [9.17, 15) is 8.78 Å². The van der Waals surface area contributed by atoms with Crippen molar-refractivity contribution >= 4 is 15.9 Å². The van der Waals surface area contributed by atoms with Crippen molar-refractivity contribution in [1.29, 1.82) is 0 Å². The van der Waals surface area contributed by atoms with E-state index in [0.717, 1.165) is 11.1 Å². The predicted molar refractivity (Wildman–Crippen MR) is 75.9 cm³/mol. The first kappa shape index (κ1) is 14.2. The maximum atomic E-state index is 13.9. The molecule has 0 aliphatic rings. The molecular weight excluding hydrogens is 312 g/mol. The number of aryl methyl sites for hydroxylation is 1. The van der Waals surface area contributed by atoms with Gasteiger partial charge < -0.3 is 5.73 Å². The van der Waals surface area contributed by atoms with Gasteiger partial charge in [-0.05, 0) is 58.6 Å². The minimum absolute atomic E-state index is 0.303. The topological polar surface area (TPSA) is 26.0 Å². The van der Waals surface area contributed by atoms with Crippen molar-refractivity contribution in [2.75, 3.05) is 0 Å². The van der Waals surface area contributed by atoms with Crippen LogP contribution in [0.2, 0.25) is 0 Å². The van der Waals surface area contributed by atoms with Gasteiger partial charge in [0.2, 0.25) is 0 Å². The molecule has 100 valence electrons. The molecule has 0 heterocycles. The van der Waals surface area contributed by atoms with Crippen molar-refractivity contribution in [2.45, 2.75) is 19.4 Å². The van der Waals surface area contributed by atoms with Gasteiger partial charge in [0.1, 0.15) is 11.6 Å². The maximum Gasteiger partial charge on any atom is 0.142 e. The standard InChI is InChI=1S/C15H14BrF2N/c1-9-5-6-11(17)7-10(9)8-14(19)12-3-2-4-13(16)15(12)18/h2-7,14H,8,19H2,1H3. The Hall–Kier alpha value is -1.26. The van der Waals surface area contributed by atoms with E-state index in [1.807, 2.05) is 6.92 Å². The van der Waals surface area contributed by atoms with Gasteiger partial charge in [-0.15, -0.1) is 0 Å². The van der Waals surface area contributed by atoms with E-state index in [4.69, 9.17) is 5.73 Å². The molecule has 19 heavy (non-hydrogen) atoms. The van der Waals surface area contributed by atoms with E-state index in [0.29, 0.717) is 16.5 Å². The molecule has 1 nitrogen and oxygen atoms in total. The SMILES string of the molecule is Cc1ccc(F)cc1CC(N)c1cccc(Br)c1F. The zero-order valence-corrected chi connectivity index (χ0v) is 12.0. The molecule has 2 rings (SSSR count). The first-order chi connectivity index (χ1) is 8.99. The summed E-state index contributed by atoms with van der Waals surface area (Å²) in [5.74, 6) is -0.661. The van der Waals surface area contributed by atoms with E-state index in [2.05, 4.69) is 15.9 Å². The average Bonchev–Trinajstić information content (AvgIpc) is 2.37. The van der Waals surface area contributed by atoms with Gasteiger partial charge in [-0.25, -0.2) is 8.78 Å². The van der Waals surface area contributed by atoms with Crippen molar-refractivity contribution in [3.8, 4) is 0 Å². The second-order valence-electron chi connectivity index (χ2n) is 4.52. The van der Waals surface area contributed by atoms with E-state index in [1.54, 1.807) is 24.3 Å². The van der Waals surface area contributed by atoms with Crippen LogP contribution in [-0.2, 0) is 6.42 Å². The molecule has 0 saturated carbocycles. The summed E-state index contributed by atoms with van der Waals surface area (Å²) in [5.41, 5.74) is 8.21. The number of hydrogen-bond acceptors (Lipinski definition) is 1. The van der Waals surface area contributed by atoms with Crippen LogP contribution in [0.3, 0.4) is 0 Å². The van der Waals surface area contributed by atoms with Crippen molar-refractivity contribution in [1.82, 2.24) is 0 Å². The number of rotatable bonds is 3. The Balaban J connectivity index is 2.28. The Morgan fingerprint density at radius 3 is 2.68 bits per heavy atom. The van der Waals surface area contributed by atoms with Gasteiger partial charge in [-0.2, -0.15) is 0 Å².